The third kappa shape index (κ3) is 13.7. The van der Waals surface area contributed by atoms with E-state index in [1.54, 1.807) is 6.07 Å². The third-order valence-electron chi connectivity index (χ3n) is 5.63. The van der Waals surface area contributed by atoms with Crippen molar-refractivity contribution in [3.05, 3.63) is 23.8 Å². The molecule has 0 bridgehead atoms. The van der Waals surface area contributed by atoms with Gasteiger partial charge in [-0.15, -0.1) is 0 Å². The lowest BCUT2D eigenvalue weighted by atomic mass is 10.1. The average Bonchev–Trinajstić information content (AvgIpc) is 2.77. The molecule has 0 aliphatic rings. The van der Waals surface area contributed by atoms with Crippen LogP contribution in [0.5, 0.6) is 11.5 Å². The summed E-state index contributed by atoms with van der Waals surface area (Å²) < 4.78 is 11.8. The number of aldehydes is 1. The second-order valence-corrected chi connectivity index (χ2v) is 8.46. The van der Waals surface area contributed by atoms with E-state index in [4.69, 9.17) is 9.47 Å². The normalized spacial score (nSPS) is 10.9. The second kappa shape index (κ2) is 19.5. The SMILES string of the molecule is CCCCCCCCCCOc1ccc(C=O)c(OCCCCCCCCCC)c1. The molecule has 0 aliphatic heterocycles. The number of carbonyl (C=O) groups excluding carboxylic acids is 1. The van der Waals surface area contributed by atoms with Gasteiger partial charge in [0.2, 0.25) is 0 Å². The molecule has 172 valence electrons. The first-order chi connectivity index (χ1) is 14.8. The van der Waals surface area contributed by atoms with E-state index in [0.29, 0.717) is 17.9 Å². The van der Waals surface area contributed by atoms with E-state index in [1.807, 2.05) is 12.1 Å². The van der Waals surface area contributed by atoms with Crippen LogP contribution in [-0.2, 0) is 0 Å². The van der Waals surface area contributed by atoms with Crippen LogP contribution in [0, 0.1) is 0 Å². The topological polar surface area (TPSA) is 35.5 Å². The molecule has 0 saturated heterocycles. The maximum absolute atomic E-state index is 11.3. The van der Waals surface area contributed by atoms with Crippen molar-refractivity contribution in [2.24, 2.45) is 0 Å². The van der Waals surface area contributed by atoms with Gasteiger partial charge in [0.05, 0.1) is 18.8 Å². The first-order valence-corrected chi connectivity index (χ1v) is 12.7. The number of ether oxygens (including phenoxy) is 2. The minimum Gasteiger partial charge on any atom is -0.493 e. The molecule has 1 aromatic rings. The summed E-state index contributed by atoms with van der Waals surface area (Å²) in [6.07, 6.45) is 21.4. The summed E-state index contributed by atoms with van der Waals surface area (Å²) in [6, 6.07) is 5.55. The Morgan fingerprint density at radius 2 is 1.10 bits per heavy atom. The monoisotopic (exact) mass is 418 g/mol. The van der Waals surface area contributed by atoms with Gasteiger partial charge < -0.3 is 9.47 Å². The number of carbonyl (C=O) groups is 1. The summed E-state index contributed by atoms with van der Waals surface area (Å²) in [5.74, 6) is 1.45. The highest BCUT2D eigenvalue weighted by atomic mass is 16.5. The van der Waals surface area contributed by atoms with Crippen LogP contribution in [0.1, 0.15) is 127 Å². The third-order valence-corrected chi connectivity index (χ3v) is 5.63. The molecule has 3 heteroatoms. The number of unbranched alkanes of at least 4 members (excludes halogenated alkanes) is 14. The van der Waals surface area contributed by atoms with Crippen molar-refractivity contribution in [3.8, 4) is 11.5 Å². The molecule has 0 heterocycles. The summed E-state index contributed by atoms with van der Waals surface area (Å²) >= 11 is 0. The Morgan fingerprint density at radius 3 is 1.60 bits per heavy atom. The fourth-order valence-electron chi connectivity index (χ4n) is 3.67. The van der Waals surface area contributed by atoms with E-state index in [2.05, 4.69) is 13.8 Å². The van der Waals surface area contributed by atoms with Gasteiger partial charge in [-0.3, -0.25) is 4.79 Å². The van der Waals surface area contributed by atoms with Gasteiger partial charge in [0.15, 0.2) is 6.29 Å². The van der Waals surface area contributed by atoms with Gasteiger partial charge in [0, 0.05) is 6.07 Å². The minimum absolute atomic E-state index is 0.606. The standard InChI is InChI=1S/C27H46O3/c1-3-5-7-9-11-13-15-17-21-29-26-20-19-25(24-28)27(23-26)30-22-18-16-14-12-10-8-6-4-2/h19-20,23-24H,3-18,21-22H2,1-2H3. The Bertz CT molecular complexity index is 527. The van der Waals surface area contributed by atoms with E-state index in [9.17, 15) is 4.79 Å². The van der Waals surface area contributed by atoms with Gasteiger partial charge in [-0.25, -0.2) is 0 Å². The fourth-order valence-corrected chi connectivity index (χ4v) is 3.67. The maximum Gasteiger partial charge on any atom is 0.153 e. The fraction of sp³-hybridized carbons (Fsp3) is 0.741. The van der Waals surface area contributed by atoms with Crippen molar-refractivity contribution in [3.63, 3.8) is 0 Å². The van der Waals surface area contributed by atoms with Gasteiger partial charge in [0.25, 0.3) is 0 Å². The number of rotatable bonds is 21. The Morgan fingerprint density at radius 1 is 0.633 bits per heavy atom. The van der Waals surface area contributed by atoms with E-state index in [0.717, 1.165) is 31.5 Å². The highest BCUT2D eigenvalue weighted by molar-refractivity contribution is 5.79. The molecular weight excluding hydrogens is 372 g/mol. The number of hydrogen-bond donors (Lipinski definition) is 0. The summed E-state index contributed by atoms with van der Waals surface area (Å²) in [6.45, 7) is 5.90. The molecule has 1 aromatic carbocycles. The summed E-state index contributed by atoms with van der Waals surface area (Å²) in [7, 11) is 0. The Hall–Kier alpha value is -1.51. The van der Waals surface area contributed by atoms with E-state index in [-0.39, 0.29) is 0 Å². The van der Waals surface area contributed by atoms with Crippen molar-refractivity contribution in [2.75, 3.05) is 13.2 Å². The average molecular weight is 419 g/mol. The van der Waals surface area contributed by atoms with Crippen LogP contribution >= 0.6 is 0 Å². The zero-order valence-corrected chi connectivity index (χ0v) is 19.8. The van der Waals surface area contributed by atoms with Crippen molar-refractivity contribution < 1.29 is 14.3 Å². The summed E-state index contributed by atoms with van der Waals surface area (Å²) in [4.78, 5) is 11.3. The molecule has 0 N–H and O–H groups in total. The smallest absolute Gasteiger partial charge is 0.153 e. The largest absolute Gasteiger partial charge is 0.493 e. The Labute approximate surface area is 185 Å². The highest BCUT2D eigenvalue weighted by Crippen LogP contribution is 2.24. The van der Waals surface area contributed by atoms with Gasteiger partial charge in [-0.05, 0) is 25.0 Å². The first kappa shape index (κ1) is 26.5. The number of hydrogen-bond acceptors (Lipinski definition) is 3. The van der Waals surface area contributed by atoms with Crippen LogP contribution in [0.4, 0.5) is 0 Å². The quantitative estimate of drug-likeness (QED) is 0.148. The molecule has 0 spiro atoms. The zero-order valence-electron chi connectivity index (χ0n) is 19.8. The predicted octanol–water partition coefficient (Wildman–Crippen LogP) is 8.54. The second-order valence-electron chi connectivity index (χ2n) is 8.46. The molecule has 0 saturated carbocycles. The molecule has 0 amide bonds. The molecule has 3 nitrogen and oxygen atoms in total. The lowest BCUT2D eigenvalue weighted by Gasteiger charge is -2.12. The van der Waals surface area contributed by atoms with Crippen molar-refractivity contribution in [1.29, 1.82) is 0 Å². The van der Waals surface area contributed by atoms with Gasteiger partial charge >= 0.3 is 0 Å². The summed E-state index contributed by atoms with van der Waals surface area (Å²) in [5, 5.41) is 0. The van der Waals surface area contributed by atoms with Gasteiger partial charge in [-0.2, -0.15) is 0 Å². The highest BCUT2D eigenvalue weighted by Gasteiger charge is 2.06. The van der Waals surface area contributed by atoms with Crippen LogP contribution < -0.4 is 9.47 Å². The Balaban J connectivity index is 2.18. The molecule has 0 fully saturated rings. The number of benzene rings is 1. The molecule has 0 radical (unpaired) electrons. The molecule has 0 aliphatic carbocycles. The van der Waals surface area contributed by atoms with Crippen molar-refractivity contribution in [1.82, 2.24) is 0 Å². The summed E-state index contributed by atoms with van der Waals surface area (Å²) in [5.41, 5.74) is 0.606. The molecule has 0 unspecified atom stereocenters. The van der Waals surface area contributed by atoms with Crippen LogP contribution in [0.2, 0.25) is 0 Å². The molecule has 0 aromatic heterocycles. The molecule has 1 rings (SSSR count). The lowest BCUT2D eigenvalue weighted by molar-refractivity contribution is 0.111. The van der Waals surface area contributed by atoms with E-state index >= 15 is 0 Å². The van der Waals surface area contributed by atoms with E-state index in [1.165, 1.54) is 89.9 Å². The van der Waals surface area contributed by atoms with E-state index < -0.39 is 0 Å². The van der Waals surface area contributed by atoms with Gasteiger partial charge in [0.1, 0.15) is 11.5 Å². The molecular formula is C27H46O3. The van der Waals surface area contributed by atoms with Crippen molar-refractivity contribution >= 4 is 6.29 Å². The van der Waals surface area contributed by atoms with Crippen molar-refractivity contribution in [2.45, 2.75) is 117 Å². The minimum atomic E-state index is 0.606. The lowest BCUT2D eigenvalue weighted by Crippen LogP contribution is -2.02. The van der Waals surface area contributed by atoms with Crippen LogP contribution in [0.3, 0.4) is 0 Å². The molecule has 0 atom stereocenters. The van der Waals surface area contributed by atoms with Gasteiger partial charge in [-0.1, -0.05) is 104 Å². The maximum atomic E-state index is 11.3. The Kier molecular flexibility index (Phi) is 17.2. The zero-order chi connectivity index (χ0) is 21.7. The van der Waals surface area contributed by atoms with Crippen LogP contribution in [-0.4, -0.2) is 19.5 Å². The predicted molar refractivity (Wildman–Crippen MR) is 128 cm³/mol. The molecule has 30 heavy (non-hydrogen) atoms. The first-order valence-electron chi connectivity index (χ1n) is 12.7. The van der Waals surface area contributed by atoms with Crippen LogP contribution in [0.15, 0.2) is 18.2 Å². The van der Waals surface area contributed by atoms with Crippen LogP contribution in [0.25, 0.3) is 0 Å².